The standard InChI is InChI=1S/C17H11N3O2S/c18-17-20-16(21)15(23-17)7-11-5-6-14(22-11)13-9-19-8-10-3-1-2-4-12(10)13/h1-9H,(H2,18,20,21)/b15-7-. The van der Waals surface area contributed by atoms with E-state index in [0.717, 1.165) is 28.1 Å². The summed E-state index contributed by atoms with van der Waals surface area (Å²) >= 11 is 1.14. The molecule has 112 valence electrons. The van der Waals surface area contributed by atoms with Gasteiger partial charge in [0.2, 0.25) is 0 Å². The van der Waals surface area contributed by atoms with Gasteiger partial charge >= 0.3 is 0 Å². The molecule has 0 unspecified atom stereocenters. The van der Waals surface area contributed by atoms with Gasteiger partial charge in [-0.2, -0.15) is 4.99 Å². The van der Waals surface area contributed by atoms with E-state index in [1.165, 1.54) is 0 Å². The Hall–Kier alpha value is -2.86. The number of hydrogen-bond acceptors (Lipinski definition) is 5. The Morgan fingerprint density at radius 1 is 1.13 bits per heavy atom. The van der Waals surface area contributed by atoms with Crippen LogP contribution in [-0.2, 0) is 4.79 Å². The number of nitrogens with zero attached hydrogens (tertiary/aromatic N) is 2. The number of nitrogens with two attached hydrogens (primary N) is 1. The van der Waals surface area contributed by atoms with Gasteiger partial charge in [-0.3, -0.25) is 9.78 Å². The SMILES string of the molecule is NC1=NC(=O)/C(=C/c2ccc(-c3cncc4ccccc34)o2)S1. The second-order valence-corrected chi connectivity index (χ2v) is 6.04. The minimum Gasteiger partial charge on any atom is -0.457 e. The molecule has 0 bridgehead atoms. The van der Waals surface area contributed by atoms with E-state index < -0.39 is 0 Å². The second-order valence-electron chi connectivity index (χ2n) is 4.98. The van der Waals surface area contributed by atoms with Gasteiger partial charge in [0.1, 0.15) is 11.5 Å². The van der Waals surface area contributed by atoms with E-state index in [0.29, 0.717) is 16.4 Å². The Bertz CT molecular complexity index is 983. The van der Waals surface area contributed by atoms with Crippen LogP contribution in [0.2, 0.25) is 0 Å². The zero-order valence-electron chi connectivity index (χ0n) is 11.9. The highest BCUT2D eigenvalue weighted by Gasteiger charge is 2.20. The molecule has 2 aromatic heterocycles. The summed E-state index contributed by atoms with van der Waals surface area (Å²) in [6.45, 7) is 0. The maximum atomic E-state index is 11.6. The van der Waals surface area contributed by atoms with Gasteiger partial charge < -0.3 is 10.2 Å². The normalized spacial score (nSPS) is 16.3. The molecule has 1 aromatic carbocycles. The number of amides is 1. The van der Waals surface area contributed by atoms with Crippen LogP contribution in [0.1, 0.15) is 5.76 Å². The summed E-state index contributed by atoms with van der Waals surface area (Å²) in [4.78, 5) is 20.0. The topological polar surface area (TPSA) is 81.5 Å². The first kappa shape index (κ1) is 13.8. The van der Waals surface area contributed by atoms with Gasteiger partial charge in [-0.25, -0.2) is 0 Å². The molecule has 0 saturated heterocycles. The first-order valence-corrected chi connectivity index (χ1v) is 7.73. The molecular formula is C17H11N3O2S. The Balaban J connectivity index is 1.73. The van der Waals surface area contributed by atoms with Crippen LogP contribution in [0.15, 0.2) is 63.1 Å². The van der Waals surface area contributed by atoms with Crippen LogP contribution in [0.4, 0.5) is 0 Å². The molecule has 6 heteroatoms. The zero-order chi connectivity index (χ0) is 15.8. The molecule has 5 nitrogen and oxygen atoms in total. The number of rotatable bonds is 2. The summed E-state index contributed by atoms with van der Waals surface area (Å²) in [6, 6.07) is 11.7. The van der Waals surface area contributed by atoms with Gasteiger partial charge in [0.05, 0.1) is 4.91 Å². The lowest BCUT2D eigenvalue weighted by Crippen LogP contribution is -2.01. The van der Waals surface area contributed by atoms with Gasteiger partial charge in [0, 0.05) is 29.4 Å². The summed E-state index contributed by atoms with van der Waals surface area (Å²) in [6.07, 6.45) is 5.24. The lowest BCUT2D eigenvalue weighted by atomic mass is 10.1. The van der Waals surface area contributed by atoms with Crippen molar-refractivity contribution in [2.75, 3.05) is 0 Å². The third kappa shape index (κ3) is 2.53. The molecule has 4 rings (SSSR count). The summed E-state index contributed by atoms with van der Waals surface area (Å²) in [5.41, 5.74) is 6.45. The Kier molecular flexibility index (Phi) is 3.24. The maximum Gasteiger partial charge on any atom is 0.286 e. The van der Waals surface area contributed by atoms with Gasteiger partial charge in [-0.15, -0.1) is 0 Å². The van der Waals surface area contributed by atoms with E-state index in [1.54, 1.807) is 12.3 Å². The molecule has 1 aliphatic heterocycles. The zero-order valence-corrected chi connectivity index (χ0v) is 12.7. The Morgan fingerprint density at radius 3 is 2.83 bits per heavy atom. The van der Waals surface area contributed by atoms with E-state index in [-0.39, 0.29) is 11.1 Å². The largest absolute Gasteiger partial charge is 0.457 e. The van der Waals surface area contributed by atoms with Crippen molar-refractivity contribution in [3.05, 3.63) is 59.5 Å². The average molecular weight is 321 g/mol. The number of benzene rings is 1. The highest BCUT2D eigenvalue weighted by atomic mass is 32.2. The van der Waals surface area contributed by atoms with Crippen LogP contribution in [0.3, 0.4) is 0 Å². The minimum absolute atomic E-state index is 0.256. The minimum atomic E-state index is -0.336. The third-order valence-corrected chi connectivity index (χ3v) is 4.28. The quantitative estimate of drug-likeness (QED) is 0.731. The number of furan rings is 1. The molecule has 23 heavy (non-hydrogen) atoms. The fourth-order valence-electron chi connectivity index (χ4n) is 2.44. The fourth-order valence-corrected chi connectivity index (χ4v) is 3.10. The first-order valence-electron chi connectivity index (χ1n) is 6.92. The Morgan fingerprint density at radius 2 is 2.00 bits per heavy atom. The molecule has 0 atom stereocenters. The molecule has 3 heterocycles. The van der Waals surface area contributed by atoms with Crippen molar-refractivity contribution in [3.8, 4) is 11.3 Å². The molecule has 0 saturated carbocycles. The van der Waals surface area contributed by atoms with Gasteiger partial charge in [-0.1, -0.05) is 24.3 Å². The first-order chi connectivity index (χ1) is 11.2. The fraction of sp³-hybridized carbons (Fsp3) is 0. The van der Waals surface area contributed by atoms with Crippen LogP contribution in [-0.4, -0.2) is 16.1 Å². The number of carbonyl (C=O) groups excluding carboxylic acids is 1. The van der Waals surface area contributed by atoms with Crippen molar-refractivity contribution in [3.63, 3.8) is 0 Å². The number of carbonyl (C=O) groups is 1. The van der Waals surface area contributed by atoms with Crippen molar-refractivity contribution in [1.82, 2.24) is 4.98 Å². The number of thioether (sulfide) groups is 1. The highest BCUT2D eigenvalue weighted by molar-refractivity contribution is 8.18. The summed E-state index contributed by atoms with van der Waals surface area (Å²) in [5.74, 6) is 0.941. The number of fused-ring (bicyclic) bond motifs is 1. The monoisotopic (exact) mass is 321 g/mol. The van der Waals surface area contributed by atoms with E-state index in [4.69, 9.17) is 10.2 Å². The van der Waals surface area contributed by atoms with E-state index >= 15 is 0 Å². The van der Waals surface area contributed by atoms with Crippen LogP contribution >= 0.6 is 11.8 Å². The molecule has 0 radical (unpaired) electrons. The molecule has 0 aliphatic carbocycles. The van der Waals surface area contributed by atoms with Crippen LogP contribution in [0.25, 0.3) is 28.2 Å². The number of hydrogen-bond donors (Lipinski definition) is 1. The van der Waals surface area contributed by atoms with E-state index in [1.807, 2.05) is 42.6 Å². The van der Waals surface area contributed by atoms with E-state index in [9.17, 15) is 4.79 Å². The molecule has 1 amide bonds. The predicted molar refractivity (Wildman–Crippen MR) is 91.6 cm³/mol. The van der Waals surface area contributed by atoms with Gasteiger partial charge in [0.15, 0.2) is 5.17 Å². The van der Waals surface area contributed by atoms with Crippen LogP contribution in [0.5, 0.6) is 0 Å². The third-order valence-electron chi connectivity index (χ3n) is 3.47. The molecule has 3 aromatic rings. The van der Waals surface area contributed by atoms with Crippen LogP contribution < -0.4 is 5.73 Å². The van der Waals surface area contributed by atoms with Crippen LogP contribution in [0, 0.1) is 0 Å². The lowest BCUT2D eigenvalue weighted by molar-refractivity contribution is -0.113. The van der Waals surface area contributed by atoms with E-state index in [2.05, 4.69) is 9.98 Å². The summed E-state index contributed by atoms with van der Waals surface area (Å²) < 4.78 is 5.85. The molecule has 0 spiro atoms. The number of amidine groups is 1. The second kappa shape index (κ2) is 5.40. The molecule has 0 fully saturated rings. The predicted octanol–water partition coefficient (Wildman–Crippen LogP) is 3.42. The summed E-state index contributed by atoms with van der Waals surface area (Å²) in [5, 5.41) is 2.37. The van der Waals surface area contributed by atoms with Crippen molar-refractivity contribution >= 4 is 39.7 Å². The van der Waals surface area contributed by atoms with Crippen molar-refractivity contribution < 1.29 is 9.21 Å². The molecule has 2 N–H and O–H groups in total. The average Bonchev–Trinajstić information content (AvgIpc) is 3.14. The molecule has 1 aliphatic rings. The number of aromatic nitrogens is 1. The smallest absolute Gasteiger partial charge is 0.286 e. The van der Waals surface area contributed by atoms with Crippen molar-refractivity contribution in [1.29, 1.82) is 0 Å². The van der Waals surface area contributed by atoms with Gasteiger partial charge in [0.25, 0.3) is 5.91 Å². The highest BCUT2D eigenvalue weighted by Crippen LogP contribution is 2.31. The van der Waals surface area contributed by atoms with Gasteiger partial charge in [-0.05, 0) is 29.3 Å². The lowest BCUT2D eigenvalue weighted by Gasteiger charge is -2.02. The molecular weight excluding hydrogens is 310 g/mol. The number of pyridine rings is 1. The maximum absolute atomic E-state index is 11.6. The summed E-state index contributed by atoms with van der Waals surface area (Å²) in [7, 11) is 0. The Labute approximate surface area is 135 Å². The van der Waals surface area contributed by atoms with Crippen molar-refractivity contribution in [2.45, 2.75) is 0 Å². The number of aliphatic imine (C=N–C) groups is 1. The van der Waals surface area contributed by atoms with Crippen molar-refractivity contribution in [2.24, 2.45) is 10.7 Å².